The lowest BCUT2D eigenvalue weighted by molar-refractivity contribution is 0.0767. The molecule has 0 bridgehead atoms. The highest BCUT2D eigenvalue weighted by atomic mass is 16.2. The van der Waals surface area contributed by atoms with Crippen LogP contribution in [0, 0.1) is 6.92 Å². The Morgan fingerprint density at radius 2 is 1.66 bits per heavy atom. The second-order valence-electron chi connectivity index (χ2n) is 11.2. The molecule has 2 aromatic carbocycles. The third kappa shape index (κ3) is 5.15. The van der Waals surface area contributed by atoms with Gasteiger partial charge in [0.05, 0.1) is 16.8 Å². The molecule has 1 fully saturated rings. The number of amides is 1. The lowest BCUT2D eigenvalue weighted by atomic mass is 9.86. The topological polar surface area (TPSA) is 67.2 Å². The predicted octanol–water partition coefficient (Wildman–Crippen LogP) is 5.73. The van der Waals surface area contributed by atoms with Gasteiger partial charge >= 0.3 is 0 Å². The molecule has 0 unspecified atom stereocenters. The van der Waals surface area contributed by atoms with Crippen molar-refractivity contribution in [2.75, 3.05) is 31.1 Å². The van der Waals surface area contributed by atoms with Gasteiger partial charge in [-0.3, -0.25) is 4.79 Å². The first-order valence-corrected chi connectivity index (χ1v) is 13.7. The fraction of sp³-hybridized carbons (Fsp3) is 0.419. The number of hydrogen-bond donors (Lipinski definition) is 0. The maximum absolute atomic E-state index is 13.4. The molecular formula is C31H38N6O. The van der Waals surface area contributed by atoms with Gasteiger partial charge in [-0.1, -0.05) is 58.0 Å². The van der Waals surface area contributed by atoms with Crippen LogP contribution in [0.5, 0.6) is 0 Å². The molecule has 0 saturated carbocycles. The number of hydrogen-bond acceptors (Lipinski definition) is 5. The summed E-state index contributed by atoms with van der Waals surface area (Å²) in [6.45, 7) is 13.7. The molecule has 4 aromatic rings. The van der Waals surface area contributed by atoms with E-state index in [-0.39, 0.29) is 11.3 Å². The number of fused-ring (bicyclic) bond motifs is 1. The van der Waals surface area contributed by atoms with Crippen molar-refractivity contribution in [3.05, 3.63) is 77.2 Å². The van der Waals surface area contributed by atoms with E-state index in [2.05, 4.69) is 56.9 Å². The van der Waals surface area contributed by atoms with Gasteiger partial charge in [0, 0.05) is 38.2 Å². The molecule has 1 saturated heterocycles. The van der Waals surface area contributed by atoms with E-state index in [0.29, 0.717) is 6.54 Å². The summed E-state index contributed by atoms with van der Waals surface area (Å²) in [6, 6.07) is 18.3. The lowest BCUT2D eigenvalue weighted by Crippen LogP contribution is -2.35. The average molecular weight is 511 g/mol. The molecule has 38 heavy (non-hydrogen) atoms. The molecule has 7 nitrogen and oxygen atoms in total. The van der Waals surface area contributed by atoms with Crippen LogP contribution in [0.25, 0.3) is 16.7 Å². The zero-order valence-electron chi connectivity index (χ0n) is 23.2. The average Bonchev–Trinajstić information content (AvgIpc) is 3.08. The Kier molecular flexibility index (Phi) is 7.19. The molecule has 0 radical (unpaired) electrons. The number of nitrogens with zero attached hydrogens (tertiary/aromatic N) is 6. The van der Waals surface area contributed by atoms with Crippen LogP contribution in [0.15, 0.2) is 54.6 Å². The van der Waals surface area contributed by atoms with E-state index in [1.165, 1.54) is 5.56 Å². The molecule has 0 N–H and O–H groups in total. The van der Waals surface area contributed by atoms with Crippen molar-refractivity contribution in [3.8, 4) is 5.69 Å². The Balaban J connectivity index is 1.43. The Morgan fingerprint density at radius 3 is 2.34 bits per heavy atom. The van der Waals surface area contributed by atoms with E-state index in [1.807, 2.05) is 46.8 Å². The van der Waals surface area contributed by atoms with Crippen LogP contribution in [-0.2, 0) is 11.8 Å². The highest BCUT2D eigenvalue weighted by Crippen LogP contribution is 2.30. The number of carbonyl (C=O) groups is 1. The quantitative estimate of drug-likeness (QED) is 0.343. The number of para-hydroxylation sites is 1. The van der Waals surface area contributed by atoms with Crippen molar-refractivity contribution in [2.24, 2.45) is 0 Å². The van der Waals surface area contributed by atoms with Crippen molar-refractivity contribution < 1.29 is 4.79 Å². The molecule has 5 rings (SSSR count). The maximum Gasteiger partial charge on any atom is 0.253 e. The molecule has 3 heterocycles. The first kappa shape index (κ1) is 25.9. The van der Waals surface area contributed by atoms with Gasteiger partial charge in [-0.25, -0.2) is 14.6 Å². The minimum Gasteiger partial charge on any atom is -0.354 e. The summed E-state index contributed by atoms with van der Waals surface area (Å²) in [7, 11) is 0. The number of anilines is 1. The van der Waals surface area contributed by atoms with Crippen LogP contribution in [0.3, 0.4) is 0 Å². The highest BCUT2D eigenvalue weighted by molar-refractivity contribution is 5.94. The standard InChI is InChI=1S/C31H38N6O/c1-6-11-26-32-28(27-22(2)34-37(29(27)33-26)25-12-8-7-9-13-25)35-18-10-19-36(21-20-35)30(38)23-14-16-24(17-15-23)31(3,4)5/h7-9,12-17H,6,10-11,18-21H2,1-5H3. The van der Waals surface area contributed by atoms with Gasteiger partial charge < -0.3 is 9.80 Å². The number of benzene rings is 2. The van der Waals surface area contributed by atoms with E-state index in [9.17, 15) is 4.79 Å². The molecule has 1 amide bonds. The molecule has 1 aliphatic heterocycles. The lowest BCUT2D eigenvalue weighted by Gasteiger charge is -2.24. The van der Waals surface area contributed by atoms with E-state index < -0.39 is 0 Å². The zero-order valence-corrected chi connectivity index (χ0v) is 23.2. The summed E-state index contributed by atoms with van der Waals surface area (Å²) < 4.78 is 1.93. The van der Waals surface area contributed by atoms with Gasteiger partial charge in [-0.05, 0) is 55.0 Å². The predicted molar refractivity (Wildman–Crippen MR) is 153 cm³/mol. The molecule has 0 aliphatic carbocycles. The highest BCUT2D eigenvalue weighted by Gasteiger charge is 2.25. The molecule has 198 valence electrons. The third-order valence-electron chi connectivity index (χ3n) is 7.28. The Labute approximate surface area is 225 Å². The van der Waals surface area contributed by atoms with Gasteiger partial charge in [-0.15, -0.1) is 0 Å². The minimum atomic E-state index is 0.0661. The van der Waals surface area contributed by atoms with Gasteiger partial charge in [0.2, 0.25) is 0 Å². The fourth-order valence-electron chi connectivity index (χ4n) is 5.15. The molecule has 0 atom stereocenters. The van der Waals surface area contributed by atoms with Crippen LogP contribution >= 0.6 is 0 Å². The van der Waals surface area contributed by atoms with Crippen LogP contribution in [0.4, 0.5) is 5.82 Å². The van der Waals surface area contributed by atoms with E-state index in [4.69, 9.17) is 15.1 Å². The second kappa shape index (κ2) is 10.6. The SMILES string of the molecule is CCCc1nc(N2CCCN(C(=O)c3ccc(C(C)(C)C)cc3)CC2)c2c(C)nn(-c3ccccc3)c2n1. The third-order valence-corrected chi connectivity index (χ3v) is 7.28. The van der Waals surface area contributed by atoms with Crippen molar-refractivity contribution >= 4 is 22.8 Å². The fourth-order valence-corrected chi connectivity index (χ4v) is 5.15. The van der Waals surface area contributed by atoms with Gasteiger partial charge in [0.25, 0.3) is 5.91 Å². The summed E-state index contributed by atoms with van der Waals surface area (Å²) in [5, 5.41) is 5.86. The van der Waals surface area contributed by atoms with Crippen LogP contribution in [0.1, 0.15) is 68.0 Å². The largest absolute Gasteiger partial charge is 0.354 e. The Bertz CT molecular complexity index is 1420. The van der Waals surface area contributed by atoms with Gasteiger partial charge in [0.15, 0.2) is 5.65 Å². The van der Waals surface area contributed by atoms with Crippen molar-refractivity contribution in [2.45, 2.75) is 59.3 Å². The molecule has 1 aliphatic rings. The monoisotopic (exact) mass is 510 g/mol. The number of carbonyl (C=O) groups excluding carboxylic acids is 1. The van der Waals surface area contributed by atoms with E-state index >= 15 is 0 Å². The van der Waals surface area contributed by atoms with Crippen molar-refractivity contribution in [3.63, 3.8) is 0 Å². The van der Waals surface area contributed by atoms with Gasteiger partial charge in [-0.2, -0.15) is 5.10 Å². The van der Waals surface area contributed by atoms with Crippen molar-refractivity contribution in [1.29, 1.82) is 0 Å². The normalized spacial score (nSPS) is 14.7. The summed E-state index contributed by atoms with van der Waals surface area (Å²) >= 11 is 0. The first-order valence-electron chi connectivity index (χ1n) is 13.7. The van der Waals surface area contributed by atoms with Gasteiger partial charge in [0.1, 0.15) is 11.6 Å². The Hall–Kier alpha value is -3.74. The second-order valence-corrected chi connectivity index (χ2v) is 11.2. The maximum atomic E-state index is 13.4. The van der Waals surface area contributed by atoms with E-state index in [0.717, 1.165) is 78.5 Å². The molecule has 0 spiro atoms. The molecule has 7 heteroatoms. The van der Waals surface area contributed by atoms with E-state index in [1.54, 1.807) is 0 Å². The molecule has 2 aromatic heterocycles. The summed E-state index contributed by atoms with van der Waals surface area (Å²) in [6.07, 6.45) is 2.66. The first-order chi connectivity index (χ1) is 18.3. The van der Waals surface area contributed by atoms with Crippen molar-refractivity contribution in [1.82, 2.24) is 24.6 Å². The summed E-state index contributed by atoms with van der Waals surface area (Å²) in [5.74, 6) is 1.87. The number of aryl methyl sites for hydroxylation is 2. The summed E-state index contributed by atoms with van der Waals surface area (Å²) in [5.41, 5.74) is 4.80. The minimum absolute atomic E-state index is 0.0661. The number of aromatic nitrogens is 4. The zero-order chi connectivity index (χ0) is 26.9. The smallest absolute Gasteiger partial charge is 0.253 e. The van der Waals surface area contributed by atoms with Crippen LogP contribution in [-0.4, -0.2) is 56.7 Å². The Morgan fingerprint density at radius 1 is 0.921 bits per heavy atom. The number of rotatable bonds is 5. The summed E-state index contributed by atoms with van der Waals surface area (Å²) in [4.78, 5) is 27.7. The molecular weight excluding hydrogens is 472 g/mol. The van der Waals surface area contributed by atoms with Crippen LogP contribution in [0.2, 0.25) is 0 Å². The van der Waals surface area contributed by atoms with Crippen LogP contribution < -0.4 is 4.90 Å².